The fraction of sp³-hybridized carbons (Fsp3) is 0.889. The third-order valence-corrected chi connectivity index (χ3v) is 2.95. The molecule has 1 rings (SSSR count). The normalized spacial score (nSPS) is 28.5. The van der Waals surface area contributed by atoms with Gasteiger partial charge in [-0.05, 0) is 32.7 Å². The fourth-order valence-electron chi connectivity index (χ4n) is 1.91. The van der Waals surface area contributed by atoms with Crippen LogP contribution in [0.5, 0.6) is 0 Å². The van der Waals surface area contributed by atoms with Gasteiger partial charge in [0.1, 0.15) is 0 Å². The second-order valence-corrected chi connectivity index (χ2v) is 3.69. The van der Waals surface area contributed by atoms with Crippen LogP contribution in [0.4, 0.5) is 4.79 Å². The van der Waals surface area contributed by atoms with Crippen LogP contribution in [0.1, 0.15) is 25.7 Å². The lowest BCUT2D eigenvalue weighted by atomic mass is 9.91. The molecule has 4 heteroatoms. The van der Waals surface area contributed by atoms with Crippen molar-refractivity contribution >= 4 is 6.09 Å². The molecule has 0 heterocycles. The predicted octanol–water partition coefficient (Wildman–Crippen LogP) is 1.13. The number of carbonyl (C=O) groups is 1. The van der Waals surface area contributed by atoms with Gasteiger partial charge in [0.25, 0.3) is 0 Å². The molecule has 0 saturated heterocycles. The van der Waals surface area contributed by atoms with E-state index in [1.807, 2.05) is 7.05 Å². The van der Waals surface area contributed by atoms with E-state index >= 15 is 0 Å². The number of rotatable bonds is 2. The number of nitrogens with one attached hydrogen (secondary N) is 1. The SMILES string of the molecule is CN[C@H]1CC[C@H](N(C)C(=O)O)CC1. The summed E-state index contributed by atoms with van der Waals surface area (Å²) in [7, 11) is 3.62. The van der Waals surface area contributed by atoms with Crippen molar-refractivity contribution in [2.45, 2.75) is 37.8 Å². The molecule has 0 spiro atoms. The molecule has 0 aromatic heterocycles. The summed E-state index contributed by atoms with van der Waals surface area (Å²) in [5.41, 5.74) is 0. The molecule has 1 aliphatic carbocycles. The molecule has 0 aliphatic heterocycles. The van der Waals surface area contributed by atoms with Gasteiger partial charge in [0, 0.05) is 19.1 Å². The van der Waals surface area contributed by atoms with Crippen LogP contribution >= 0.6 is 0 Å². The lowest BCUT2D eigenvalue weighted by Gasteiger charge is -2.32. The highest BCUT2D eigenvalue weighted by atomic mass is 16.4. The zero-order valence-electron chi connectivity index (χ0n) is 8.29. The maximum atomic E-state index is 10.7. The van der Waals surface area contributed by atoms with E-state index in [1.165, 1.54) is 4.90 Å². The number of nitrogens with zero attached hydrogens (tertiary/aromatic N) is 1. The molecular weight excluding hydrogens is 168 g/mol. The maximum Gasteiger partial charge on any atom is 0.407 e. The van der Waals surface area contributed by atoms with E-state index in [1.54, 1.807) is 7.05 Å². The molecular formula is C9H18N2O2. The van der Waals surface area contributed by atoms with Gasteiger partial charge >= 0.3 is 6.09 Å². The lowest BCUT2D eigenvalue weighted by Crippen LogP contribution is -2.41. The highest BCUT2D eigenvalue weighted by molar-refractivity contribution is 5.64. The Bertz CT molecular complexity index is 176. The van der Waals surface area contributed by atoms with Crippen molar-refractivity contribution in [3.05, 3.63) is 0 Å². The molecule has 13 heavy (non-hydrogen) atoms. The molecule has 0 aromatic rings. The number of carboxylic acid groups (broad SMARTS) is 1. The summed E-state index contributed by atoms with van der Waals surface area (Å²) in [6, 6.07) is 0.806. The molecule has 0 atom stereocenters. The Morgan fingerprint density at radius 3 is 2.31 bits per heavy atom. The van der Waals surface area contributed by atoms with Crippen molar-refractivity contribution in [2.24, 2.45) is 0 Å². The molecule has 0 aromatic carbocycles. The van der Waals surface area contributed by atoms with Crippen LogP contribution in [0.15, 0.2) is 0 Å². The van der Waals surface area contributed by atoms with Crippen LogP contribution in [0, 0.1) is 0 Å². The lowest BCUT2D eigenvalue weighted by molar-refractivity contribution is 0.122. The molecule has 1 saturated carbocycles. The van der Waals surface area contributed by atoms with E-state index in [-0.39, 0.29) is 6.04 Å². The molecule has 76 valence electrons. The molecule has 1 amide bonds. The second kappa shape index (κ2) is 4.46. The Kier molecular flexibility index (Phi) is 3.54. The van der Waals surface area contributed by atoms with Crippen molar-refractivity contribution in [3.8, 4) is 0 Å². The van der Waals surface area contributed by atoms with Gasteiger partial charge in [-0.2, -0.15) is 0 Å². The van der Waals surface area contributed by atoms with Crippen LogP contribution < -0.4 is 5.32 Å². The predicted molar refractivity (Wildman–Crippen MR) is 50.9 cm³/mol. The third-order valence-electron chi connectivity index (χ3n) is 2.95. The zero-order chi connectivity index (χ0) is 9.84. The van der Waals surface area contributed by atoms with E-state index in [0.29, 0.717) is 6.04 Å². The largest absolute Gasteiger partial charge is 0.465 e. The van der Waals surface area contributed by atoms with Crippen LogP contribution in [0.3, 0.4) is 0 Å². The standard InChI is InChI=1S/C9H18N2O2/c1-10-7-3-5-8(6-4-7)11(2)9(12)13/h7-8,10H,3-6H2,1-2H3,(H,12,13)/t7-,8-. The summed E-state index contributed by atoms with van der Waals surface area (Å²) >= 11 is 0. The van der Waals surface area contributed by atoms with Crippen LogP contribution in [0.2, 0.25) is 0 Å². The molecule has 0 bridgehead atoms. The molecule has 2 N–H and O–H groups in total. The Labute approximate surface area is 78.9 Å². The minimum Gasteiger partial charge on any atom is -0.465 e. The topological polar surface area (TPSA) is 52.6 Å². The zero-order valence-corrected chi connectivity index (χ0v) is 8.29. The molecule has 0 unspecified atom stereocenters. The summed E-state index contributed by atoms with van der Waals surface area (Å²) in [6.07, 6.45) is 3.31. The van der Waals surface area contributed by atoms with E-state index in [2.05, 4.69) is 5.32 Å². The first kappa shape index (κ1) is 10.3. The average molecular weight is 186 g/mol. The number of amides is 1. The first-order chi connectivity index (χ1) is 6.15. The van der Waals surface area contributed by atoms with Crippen molar-refractivity contribution in [1.29, 1.82) is 0 Å². The van der Waals surface area contributed by atoms with Gasteiger partial charge in [0.05, 0.1) is 0 Å². The fourth-order valence-corrected chi connectivity index (χ4v) is 1.91. The Hall–Kier alpha value is -0.770. The van der Waals surface area contributed by atoms with Gasteiger partial charge < -0.3 is 15.3 Å². The summed E-state index contributed by atoms with van der Waals surface area (Å²) < 4.78 is 0. The first-order valence-electron chi connectivity index (χ1n) is 4.78. The van der Waals surface area contributed by atoms with Gasteiger partial charge in [-0.3, -0.25) is 0 Å². The second-order valence-electron chi connectivity index (χ2n) is 3.69. The van der Waals surface area contributed by atoms with E-state index in [4.69, 9.17) is 5.11 Å². The van der Waals surface area contributed by atoms with Crippen molar-refractivity contribution in [1.82, 2.24) is 10.2 Å². The molecule has 4 nitrogen and oxygen atoms in total. The number of hydrogen-bond acceptors (Lipinski definition) is 2. The monoisotopic (exact) mass is 186 g/mol. The van der Waals surface area contributed by atoms with Crippen LogP contribution in [-0.4, -0.2) is 42.3 Å². The Morgan fingerprint density at radius 2 is 1.92 bits per heavy atom. The summed E-state index contributed by atoms with van der Waals surface area (Å²) in [5.74, 6) is 0. The summed E-state index contributed by atoms with van der Waals surface area (Å²) in [4.78, 5) is 12.1. The van der Waals surface area contributed by atoms with E-state index < -0.39 is 6.09 Å². The van der Waals surface area contributed by atoms with E-state index in [9.17, 15) is 4.79 Å². The maximum absolute atomic E-state index is 10.7. The Balaban J connectivity index is 2.36. The smallest absolute Gasteiger partial charge is 0.407 e. The highest BCUT2D eigenvalue weighted by Gasteiger charge is 2.25. The molecule has 0 radical (unpaired) electrons. The Morgan fingerprint density at radius 1 is 1.38 bits per heavy atom. The summed E-state index contributed by atoms with van der Waals surface area (Å²) in [6.45, 7) is 0. The summed E-state index contributed by atoms with van der Waals surface area (Å²) in [5, 5.41) is 12.0. The molecule has 1 aliphatic rings. The third kappa shape index (κ3) is 2.59. The van der Waals surface area contributed by atoms with Gasteiger partial charge in [0.15, 0.2) is 0 Å². The van der Waals surface area contributed by atoms with Gasteiger partial charge in [-0.15, -0.1) is 0 Å². The van der Waals surface area contributed by atoms with Crippen LogP contribution in [0.25, 0.3) is 0 Å². The quantitative estimate of drug-likeness (QED) is 0.679. The molecule has 1 fully saturated rings. The van der Waals surface area contributed by atoms with Crippen molar-refractivity contribution in [2.75, 3.05) is 14.1 Å². The minimum atomic E-state index is -0.812. The van der Waals surface area contributed by atoms with E-state index in [0.717, 1.165) is 25.7 Å². The van der Waals surface area contributed by atoms with Crippen molar-refractivity contribution in [3.63, 3.8) is 0 Å². The average Bonchev–Trinajstić information content (AvgIpc) is 2.17. The first-order valence-corrected chi connectivity index (χ1v) is 4.78. The number of hydrogen-bond donors (Lipinski definition) is 2. The van der Waals surface area contributed by atoms with Gasteiger partial charge in [-0.1, -0.05) is 0 Å². The van der Waals surface area contributed by atoms with Crippen molar-refractivity contribution < 1.29 is 9.90 Å². The van der Waals surface area contributed by atoms with Crippen LogP contribution in [-0.2, 0) is 0 Å². The van der Waals surface area contributed by atoms with Gasteiger partial charge in [-0.25, -0.2) is 4.79 Å². The minimum absolute atomic E-state index is 0.224. The highest BCUT2D eigenvalue weighted by Crippen LogP contribution is 2.21. The van der Waals surface area contributed by atoms with Gasteiger partial charge in [0.2, 0.25) is 0 Å².